The van der Waals surface area contributed by atoms with Gasteiger partial charge in [-0.1, -0.05) is 0 Å². The molecule has 1 N–H and O–H groups in total. The zero-order chi connectivity index (χ0) is 13.4. The molecule has 0 saturated carbocycles. The minimum absolute atomic E-state index is 0.342. The summed E-state index contributed by atoms with van der Waals surface area (Å²) in [5, 5.41) is 9.21. The molecule has 0 radical (unpaired) electrons. The van der Waals surface area contributed by atoms with Crippen molar-refractivity contribution < 1.29 is 31.4 Å². The Bertz CT molecular complexity index is 370. The Morgan fingerprint density at radius 3 is 1.82 bits per heavy atom. The van der Waals surface area contributed by atoms with Crippen LogP contribution < -0.4 is 0 Å². The summed E-state index contributed by atoms with van der Waals surface area (Å²) >= 11 is 3.52. The number of aliphatic hydroxyl groups excluding tert-OH is 1. The average molecular weight is 343 g/mol. The first-order chi connectivity index (χ1) is 7.53. The summed E-state index contributed by atoms with van der Waals surface area (Å²) < 4.78 is 74.0. The van der Waals surface area contributed by atoms with Gasteiger partial charge in [-0.25, -0.2) is 0 Å². The third-order valence-electron chi connectivity index (χ3n) is 1.91. The molecule has 1 unspecified atom stereocenters. The van der Waals surface area contributed by atoms with Crippen molar-refractivity contribution in [3.63, 3.8) is 0 Å². The highest BCUT2D eigenvalue weighted by Gasteiger charge is 2.60. The predicted octanol–water partition coefficient (Wildman–Crippen LogP) is 4.28. The Morgan fingerprint density at radius 2 is 1.53 bits per heavy atom. The van der Waals surface area contributed by atoms with Gasteiger partial charge in [0, 0.05) is 4.88 Å². The first-order valence-corrected chi connectivity index (χ1v) is 5.71. The van der Waals surface area contributed by atoms with Crippen molar-refractivity contribution in [2.24, 2.45) is 5.92 Å². The minimum Gasteiger partial charge on any atom is -0.387 e. The van der Waals surface area contributed by atoms with Crippen LogP contribution in [0.5, 0.6) is 0 Å². The summed E-state index contributed by atoms with van der Waals surface area (Å²) in [6.07, 6.45) is -13.7. The Labute approximate surface area is 104 Å². The summed E-state index contributed by atoms with van der Waals surface area (Å²) in [5.41, 5.74) is 0. The Kier molecular flexibility index (Phi) is 4.15. The fourth-order valence-electron chi connectivity index (χ4n) is 1.20. The molecule has 0 fully saturated rings. The quantitative estimate of drug-likeness (QED) is 0.795. The fraction of sp³-hybridized carbons (Fsp3) is 0.500. The van der Waals surface area contributed by atoms with Crippen molar-refractivity contribution in [2.45, 2.75) is 18.5 Å². The van der Waals surface area contributed by atoms with E-state index >= 15 is 0 Å². The van der Waals surface area contributed by atoms with Gasteiger partial charge in [0.1, 0.15) is 6.10 Å². The van der Waals surface area contributed by atoms with Crippen LogP contribution in [0.3, 0.4) is 0 Å². The number of rotatable bonds is 2. The maximum Gasteiger partial charge on any atom is 0.403 e. The van der Waals surface area contributed by atoms with Gasteiger partial charge < -0.3 is 5.11 Å². The zero-order valence-corrected chi connectivity index (χ0v) is 10.2. The molecule has 0 aliphatic carbocycles. The van der Waals surface area contributed by atoms with E-state index in [1.54, 1.807) is 0 Å². The van der Waals surface area contributed by atoms with Gasteiger partial charge in [0.05, 0.1) is 3.79 Å². The van der Waals surface area contributed by atoms with Gasteiger partial charge in [0.15, 0.2) is 5.92 Å². The van der Waals surface area contributed by atoms with Gasteiger partial charge in [-0.15, -0.1) is 11.3 Å². The van der Waals surface area contributed by atoms with Crippen molar-refractivity contribution in [1.29, 1.82) is 0 Å². The van der Waals surface area contributed by atoms with Crippen LogP contribution in [0.25, 0.3) is 0 Å². The predicted molar refractivity (Wildman–Crippen MR) is 52.6 cm³/mol. The number of hydrogen-bond acceptors (Lipinski definition) is 2. The van der Waals surface area contributed by atoms with Crippen LogP contribution in [0.15, 0.2) is 15.9 Å². The van der Waals surface area contributed by atoms with Crippen LogP contribution in [-0.4, -0.2) is 17.5 Å². The van der Waals surface area contributed by atoms with Crippen LogP contribution in [0, 0.1) is 5.92 Å². The van der Waals surface area contributed by atoms with Crippen molar-refractivity contribution in [3.8, 4) is 0 Å². The van der Waals surface area contributed by atoms with Crippen molar-refractivity contribution in [2.75, 3.05) is 0 Å². The van der Waals surface area contributed by atoms with Gasteiger partial charge in [-0.05, 0) is 28.1 Å². The van der Waals surface area contributed by atoms with Gasteiger partial charge in [0.25, 0.3) is 0 Å². The highest BCUT2D eigenvalue weighted by atomic mass is 79.9. The number of thiophene rings is 1. The Hall–Kier alpha value is -0.280. The molecule has 1 heterocycles. The van der Waals surface area contributed by atoms with Crippen LogP contribution in [-0.2, 0) is 0 Å². The third-order valence-corrected chi connectivity index (χ3v) is 3.60. The Morgan fingerprint density at radius 1 is 1.06 bits per heavy atom. The zero-order valence-electron chi connectivity index (χ0n) is 7.81. The van der Waals surface area contributed by atoms with Gasteiger partial charge >= 0.3 is 12.4 Å². The fourth-order valence-corrected chi connectivity index (χ4v) is 2.64. The highest BCUT2D eigenvalue weighted by Crippen LogP contribution is 2.47. The molecule has 0 aliphatic rings. The molecule has 98 valence electrons. The smallest absolute Gasteiger partial charge is 0.387 e. The molecule has 17 heavy (non-hydrogen) atoms. The second kappa shape index (κ2) is 4.77. The maximum atomic E-state index is 12.3. The van der Waals surface area contributed by atoms with E-state index in [-0.39, 0.29) is 0 Å². The van der Waals surface area contributed by atoms with Gasteiger partial charge in [0.2, 0.25) is 0 Å². The number of aliphatic hydroxyl groups is 1. The maximum absolute atomic E-state index is 12.3. The topological polar surface area (TPSA) is 20.2 Å². The van der Waals surface area contributed by atoms with Crippen LogP contribution in [0.1, 0.15) is 11.0 Å². The van der Waals surface area contributed by atoms with E-state index in [1.165, 1.54) is 6.07 Å². The molecule has 9 heteroatoms. The molecule has 0 spiro atoms. The SMILES string of the molecule is OC(c1ccc(Br)s1)C(C(F)(F)F)C(F)(F)F. The van der Waals surface area contributed by atoms with E-state index in [9.17, 15) is 31.4 Å². The van der Waals surface area contributed by atoms with Crippen LogP contribution in [0.2, 0.25) is 0 Å². The van der Waals surface area contributed by atoms with E-state index in [4.69, 9.17) is 0 Å². The lowest BCUT2D eigenvalue weighted by atomic mass is 10.00. The van der Waals surface area contributed by atoms with Gasteiger partial charge in [-0.3, -0.25) is 0 Å². The van der Waals surface area contributed by atoms with Crippen molar-refractivity contribution >= 4 is 27.3 Å². The molecular weight excluding hydrogens is 338 g/mol. The summed E-state index contributed by atoms with van der Waals surface area (Å²) in [6.45, 7) is 0. The molecule has 1 atom stereocenters. The normalized spacial score (nSPS) is 15.4. The molecule has 1 aromatic heterocycles. The molecule has 0 aliphatic heterocycles. The molecule has 0 bridgehead atoms. The standard InChI is InChI=1S/C8H5BrF6OS/c9-4-2-1-3(17-4)5(16)6(7(10,11)12)8(13,14)15/h1-2,5-6,16H. The Balaban J connectivity index is 3.08. The first-order valence-electron chi connectivity index (χ1n) is 4.10. The van der Waals surface area contributed by atoms with E-state index in [2.05, 4.69) is 15.9 Å². The summed E-state index contributed by atoms with van der Waals surface area (Å²) in [7, 11) is 0. The van der Waals surface area contributed by atoms with E-state index < -0.39 is 29.3 Å². The first kappa shape index (κ1) is 14.8. The number of hydrogen-bond donors (Lipinski definition) is 1. The lowest BCUT2D eigenvalue weighted by Crippen LogP contribution is -2.40. The van der Waals surface area contributed by atoms with Gasteiger partial charge in [-0.2, -0.15) is 26.3 Å². The van der Waals surface area contributed by atoms with Crippen molar-refractivity contribution in [3.05, 3.63) is 20.8 Å². The largest absolute Gasteiger partial charge is 0.403 e. The number of halogens is 7. The lowest BCUT2D eigenvalue weighted by molar-refractivity contribution is -0.307. The summed E-state index contributed by atoms with van der Waals surface area (Å²) in [4.78, 5) is -0.392. The monoisotopic (exact) mass is 342 g/mol. The molecule has 1 rings (SSSR count). The molecular formula is C8H5BrF6OS. The third kappa shape index (κ3) is 3.59. The molecule has 0 aromatic carbocycles. The van der Waals surface area contributed by atoms with Crippen LogP contribution >= 0.6 is 27.3 Å². The van der Waals surface area contributed by atoms with E-state index in [0.717, 1.165) is 6.07 Å². The summed E-state index contributed by atoms with van der Waals surface area (Å²) in [5.74, 6) is -3.78. The lowest BCUT2D eigenvalue weighted by Gasteiger charge is -2.26. The second-order valence-corrected chi connectivity index (χ2v) is 5.64. The molecule has 1 nitrogen and oxygen atoms in total. The summed E-state index contributed by atoms with van der Waals surface area (Å²) in [6, 6.07) is 2.29. The minimum atomic E-state index is -5.55. The van der Waals surface area contributed by atoms with Crippen molar-refractivity contribution in [1.82, 2.24) is 0 Å². The molecule has 1 aromatic rings. The van der Waals surface area contributed by atoms with E-state index in [0.29, 0.717) is 15.1 Å². The molecule has 0 amide bonds. The van der Waals surface area contributed by atoms with E-state index in [1.807, 2.05) is 0 Å². The molecule has 0 saturated heterocycles. The number of alkyl halides is 6. The highest BCUT2D eigenvalue weighted by molar-refractivity contribution is 9.11. The average Bonchev–Trinajstić information content (AvgIpc) is 2.45. The van der Waals surface area contributed by atoms with Crippen LogP contribution in [0.4, 0.5) is 26.3 Å². The second-order valence-electron chi connectivity index (χ2n) is 3.15.